The van der Waals surface area contributed by atoms with Crippen molar-refractivity contribution in [3.63, 3.8) is 0 Å². The van der Waals surface area contributed by atoms with Crippen molar-refractivity contribution in [2.75, 3.05) is 50.0 Å². The second-order valence-corrected chi connectivity index (χ2v) is 11.0. The average Bonchev–Trinajstić information content (AvgIpc) is 2.99. The van der Waals surface area contributed by atoms with E-state index in [9.17, 15) is 4.79 Å². The van der Waals surface area contributed by atoms with Gasteiger partial charge in [-0.2, -0.15) is 0 Å². The summed E-state index contributed by atoms with van der Waals surface area (Å²) in [4.78, 5) is 29.7. The number of carbonyl (C=O) groups excluding carboxylic acids is 1. The number of aromatic nitrogens is 2. The molecule has 0 aliphatic carbocycles. The summed E-state index contributed by atoms with van der Waals surface area (Å²) in [6.45, 7) is 7.99. The first-order chi connectivity index (χ1) is 19.5. The fourth-order valence-electron chi connectivity index (χ4n) is 5.98. The number of likely N-dealkylation sites (N-methyl/N-ethyl adjacent to an activating group) is 1. The number of nitrogens with one attached hydrogen (secondary N) is 1. The van der Waals surface area contributed by atoms with E-state index in [1.54, 1.807) is 12.4 Å². The van der Waals surface area contributed by atoms with Gasteiger partial charge in [0.2, 0.25) is 0 Å². The maximum Gasteiger partial charge on any atom is 0.251 e. The Morgan fingerprint density at radius 1 is 0.875 bits per heavy atom. The monoisotopic (exact) mass is 532 g/mol. The van der Waals surface area contributed by atoms with Gasteiger partial charge in [-0.25, -0.2) is 9.97 Å². The minimum absolute atomic E-state index is 0.0565. The zero-order chi connectivity index (χ0) is 27.5. The molecule has 204 valence electrons. The van der Waals surface area contributed by atoms with Gasteiger partial charge in [0, 0.05) is 45.0 Å². The molecule has 3 aromatic carbocycles. The molecule has 0 bridgehead atoms. The van der Waals surface area contributed by atoms with E-state index in [2.05, 4.69) is 105 Å². The summed E-state index contributed by atoms with van der Waals surface area (Å²) in [5.41, 5.74) is 7.34. The largest absolute Gasteiger partial charge is 0.353 e. The van der Waals surface area contributed by atoms with Gasteiger partial charge in [-0.05, 0) is 59.0 Å². The molecule has 7 nitrogen and oxygen atoms in total. The van der Waals surface area contributed by atoms with Gasteiger partial charge < -0.3 is 15.1 Å². The molecular weight excluding hydrogens is 496 g/mol. The maximum atomic E-state index is 14.2. The van der Waals surface area contributed by atoms with Crippen LogP contribution in [-0.2, 0) is 11.3 Å². The molecule has 40 heavy (non-hydrogen) atoms. The zero-order valence-electron chi connectivity index (χ0n) is 23.2. The highest BCUT2D eigenvalue weighted by Gasteiger charge is 2.36. The molecular formula is C33H36N6O. The molecule has 2 unspecified atom stereocenters. The Morgan fingerprint density at radius 2 is 1.57 bits per heavy atom. The Balaban J connectivity index is 1.34. The molecule has 4 aromatic rings. The summed E-state index contributed by atoms with van der Waals surface area (Å²) in [7, 11) is 2.18. The fraction of sp³-hybridized carbons (Fsp3) is 0.303. The number of benzene rings is 3. The van der Waals surface area contributed by atoms with Crippen LogP contribution in [0.5, 0.6) is 0 Å². The van der Waals surface area contributed by atoms with Gasteiger partial charge in [-0.15, -0.1) is 0 Å². The first-order valence-electron chi connectivity index (χ1n) is 14.1. The predicted octanol–water partition coefficient (Wildman–Crippen LogP) is 5.19. The number of rotatable bonds is 6. The normalized spacial score (nSPS) is 19.7. The van der Waals surface area contributed by atoms with Gasteiger partial charge >= 0.3 is 0 Å². The Labute approximate surface area is 236 Å². The first-order valence-corrected chi connectivity index (χ1v) is 14.1. The van der Waals surface area contributed by atoms with Gasteiger partial charge in [0.1, 0.15) is 12.4 Å². The second-order valence-electron chi connectivity index (χ2n) is 11.0. The number of hydrogen-bond acceptors (Lipinski definition) is 6. The molecule has 2 aliphatic rings. The lowest BCUT2D eigenvalue weighted by Crippen LogP contribution is -2.44. The Hall–Kier alpha value is -4.07. The van der Waals surface area contributed by atoms with Crippen LogP contribution in [0.1, 0.15) is 35.6 Å². The summed E-state index contributed by atoms with van der Waals surface area (Å²) in [5, 5.41) is 3.31. The van der Waals surface area contributed by atoms with Crippen LogP contribution in [-0.4, -0.2) is 65.4 Å². The third-order valence-corrected chi connectivity index (χ3v) is 8.10. The summed E-state index contributed by atoms with van der Waals surface area (Å²) < 4.78 is 0. The molecule has 1 fully saturated rings. The van der Waals surface area contributed by atoms with Gasteiger partial charge in [-0.1, -0.05) is 61.5 Å². The summed E-state index contributed by atoms with van der Waals surface area (Å²) >= 11 is 0. The number of anilines is 2. The molecule has 1 aromatic heterocycles. The average molecular weight is 533 g/mol. The maximum absolute atomic E-state index is 14.2. The molecule has 0 spiro atoms. The summed E-state index contributed by atoms with van der Waals surface area (Å²) in [6, 6.07) is 24.7. The lowest BCUT2D eigenvalue weighted by atomic mass is 9.85. The van der Waals surface area contributed by atoms with E-state index in [-0.39, 0.29) is 11.8 Å². The van der Waals surface area contributed by atoms with Crippen LogP contribution in [0.25, 0.3) is 11.1 Å². The van der Waals surface area contributed by atoms with Crippen LogP contribution in [0.15, 0.2) is 91.5 Å². The van der Waals surface area contributed by atoms with Crippen LogP contribution < -0.4 is 10.2 Å². The molecule has 1 N–H and O–H groups in total. The SMILES string of the molecule is CC1CN(c2cncnc2)C(C(=O)Nc2cc(CN3CCN(C)CC3)cc(-c3ccccc3)c2)c2ccccc21. The number of piperazine rings is 1. The van der Waals surface area contributed by atoms with Crippen molar-refractivity contribution in [1.82, 2.24) is 19.8 Å². The molecule has 2 aliphatic heterocycles. The van der Waals surface area contributed by atoms with Crippen molar-refractivity contribution in [2.45, 2.75) is 25.4 Å². The van der Waals surface area contributed by atoms with E-state index < -0.39 is 6.04 Å². The third kappa shape index (κ3) is 5.62. The van der Waals surface area contributed by atoms with Crippen LogP contribution in [0, 0.1) is 0 Å². The van der Waals surface area contributed by atoms with Gasteiger partial charge in [-0.3, -0.25) is 9.69 Å². The molecule has 0 radical (unpaired) electrons. The van der Waals surface area contributed by atoms with E-state index in [1.807, 2.05) is 12.1 Å². The third-order valence-electron chi connectivity index (χ3n) is 8.10. The number of nitrogens with zero attached hydrogens (tertiary/aromatic N) is 5. The van der Waals surface area contributed by atoms with Gasteiger partial charge in [0.05, 0.1) is 18.1 Å². The Kier molecular flexibility index (Phi) is 7.58. The zero-order valence-corrected chi connectivity index (χ0v) is 23.2. The number of carbonyl (C=O) groups is 1. The minimum atomic E-state index is -0.486. The number of fused-ring (bicyclic) bond motifs is 1. The molecule has 6 rings (SSSR count). The van der Waals surface area contributed by atoms with Crippen LogP contribution in [0.4, 0.5) is 11.4 Å². The van der Waals surface area contributed by atoms with Crippen molar-refractivity contribution in [1.29, 1.82) is 0 Å². The quantitative estimate of drug-likeness (QED) is 0.369. The molecule has 3 heterocycles. The highest BCUT2D eigenvalue weighted by Crippen LogP contribution is 2.39. The second kappa shape index (κ2) is 11.6. The Morgan fingerprint density at radius 3 is 2.33 bits per heavy atom. The van der Waals surface area contributed by atoms with Crippen molar-refractivity contribution < 1.29 is 4.79 Å². The molecule has 7 heteroatoms. The van der Waals surface area contributed by atoms with Gasteiger partial charge in [0.25, 0.3) is 5.91 Å². The number of amides is 1. The van der Waals surface area contributed by atoms with E-state index in [0.717, 1.165) is 60.8 Å². The number of hydrogen-bond donors (Lipinski definition) is 1. The van der Waals surface area contributed by atoms with E-state index in [0.29, 0.717) is 6.54 Å². The van der Waals surface area contributed by atoms with E-state index >= 15 is 0 Å². The van der Waals surface area contributed by atoms with E-state index in [4.69, 9.17) is 0 Å². The van der Waals surface area contributed by atoms with Crippen molar-refractivity contribution in [2.24, 2.45) is 0 Å². The summed E-state index contributed by atoms with van der Waals surface area (Å²) in [6.07, 6.45) is 5.10. The first kappa shape index (κ1) is 26.2. The summed E-state index contributed by atoms with van der Waals surface area (Å²) in [5.74, 6) is 0.219. The Bertz CT molecular complexity index is 1450. The molecule has 1 saturated heterocycles. The van der Waals surface area contributed by atoms with Crippen LogP contribution >= 0.6 is 0 Å². The van der Waals surface area contributed by atoms with Crippen molar-refractivity contribution >= 4 is 17.3 Å². The van der Waals surface area contributed by atoms with Crippen LogP contribution in [0.2, 0.25) is 0 Å². The van der Waals surface area contributed by atoms with Crippen LogP contribution in [0.3, 0.4) is 0 Å². The lowest BCUT2D eigenvalue weighted by Gasteiger charge is -2.40. The molecule has 2 atom stereocenters. The highest BCUT2D eigenvalue weighted by molar-refractivity contribution is 5.99. The topological polar surface area (TPSA) is 64.6 Å². The van der Waals surface area contributed by atoms with Gasteiger partial charge in [0.15, 0.2) is 0 Å². The smallest absolute Gasteiger partial charge is 0.251 e. The highest BCUT2D eigenvalue weighted by atomic mass is 16.2. The minimum Gasteiger partial charge on any atom is -0.353 e. The fourth-order valence-corrected chi connectivity index (χ4v) is 5.98. The lowest BCUT2D eigenvalue weighted by molar-refractivity contribution is -0.117. The van der Waals surface area contributed by atoms with Crippen molar-refractivity contribution in [3.05, 3.63) is 108 Å². The molecule has 0 saturated carbocycles. The van der Waals surface area contributed by atoms with E-state index in [1.165, 1.54) is 17.5 Å². The van der Waals surface area contributed by atoms with Crippen molar-refractivity contribution in [3.8, 4) is 11.1 Å². The standard InChI is InChI=1S/C33H36N6O/c1-24-21-39(29-19-34-23-35-20-29)32(31-11-7-6-10-30(24)31)33(40)36-28-17-25(22-38-14-12-37(2)13-15-38)16-27(18-28)26-8-4-3-5-9-26/h3-11,16-20,23-24,32H,12-15,21-22H2,1-2H3,(H,36,40). The predicted molar refractivity (Wildman–Crippen MR) is 160 cm³/mol. The molecule has 1 amide bonds.